The Morgan fingerprint density at radius 1 is 1.22 bits per heavy atom. The van der Waals surface area contributed by atoms with E-state index in [9.17, 15) is 15.2 Å². The fraction of sp³-hybridized carbons (Fsp3) is 0.524. The zero-order chi connectivity index (χ0) is 19.6. The van der Waals surface area contributed by atoms with Gasteiger partial charge in [-0.15, -0.1) is 0 Å². The molecule has 1 aliphatic rings. The number of rotatable bonds is 4. The van der Waals surface area contributed by atoms with Crippen LogP contribution < -0.4 is 5.32 Å². The maximum atomic E-state index is 12.3. The van der Waals surface area contributed by atoms with Gasteiger partial charge in [0.05, 0.1) is 11.1 Å². The average molecular weight is 366 g/mol. The van der Waals surface area contributed by atoms with Gasteiger partial charge in [-0.1, -0.05) is 26.8 Å². The molecular weight excluding hydrogens is 340 g/mol. The van der Waals surface area contributed by atoms with Gasteiger partial charge in [-0.05, 0) is 48.6 Å². The number of amides is 1. The summed E-state index contributed by atoms with van der Waals surface area (Å²) in [7, 11) is 0. The summed E-state index contributed by atoms with van der Waals surface area (Å²) in [6, 6.07) is 5.97. The van der Waals surface area contributed by atoms with Gasteiger partial charge in [-0.2, -0.15) is 5.26 Å². The van der Waals surface area contributed by atoms with Crippen molar-refractivity contribution in [1.82, 2.24) is 15.3 Å². The number of aliphatic hydroxyl groups is 1. The molecule has 1 aromatic carbocycles. The van der Waals surface area contributed by atoms with E-state index in [1.54, 1.807) is 12.4 Å². The van der Waals surface area contributed by atoms with Crippen LogP contribution in [0, 0.1) is 23.2 Å². The van der Waals surface area contributed by atoms with Crippen LogP contribution in [-0.4, -0.2) is 33.1 Å². The van der Waals surface area contributed by atoms with Crippen molar-refractivity contribution in [3.05, 3.63) is 35.7 Å². The number of carbonyl (C=O) groups is 1. The lowest BCUT2D eigenvalue weighted by molar-refractivity contribution is -0.132. The second kappa shape index (κ2) is 8.01. The summed E-state index contributed by atoms with van der Waals surface area (Å²) in [6.07, 6.45) is 4.95. The Kier molecular flexibility index (Phi) is 5.71. The number of nitriles is 1. The number of aromatic nitrogens is 2. The van der Waals surface area contributed by atoms with E-state index in [-0.39, 0.29) is 23.8 Å². The molecule has 0 spiro atoms. The average Bonchev–Trinajstić information content (AvgIpc) is 2.65. The van der Waals surface area contributed by atoms with Gasteiger partial charge >= 0.3 is 0 Å². The predicted molar refractivity (Wildman–Crippen MR) is 103 cm³/mol. The molecule has 1 unspecified atom stereocenters. The van der Waals surface area contributed by atoms with Gasteiger partial charge < -0.3 is 10.4 Å². The largest absolute Gasteiger partial charge is 0.383 e. The summed E-state index contributed by atoms with van der Waals surface area (Å²) in [5.41, 5.74) is 3.00. The highest BCUT2D eigenvalue weighted by atomic mass is 16.3. The Hall–Kier alpha value is -2.52. The third kappa shape index (κ3) is 4.09. The Morgan fingerprint density at radius 2 is 1.93 bits per heavy atom. The number of aliphatic hydroxyl groups excluding tert-OH is 1. The van der Waals surface area contributed by atoms with Crippen LogP contribution >= 0.6 is 0 Å². The minimum absolute atomic E-state index is 0.0158. The molecule has 2 N–H and O–H groups in total. The van der Waals surface area contributed by atoms with Crippen LogP contribution in [0.5, 0.6) is 0 Å². The fourth-order valence-electron chi connectivity index (χ4n) is 4.06. The molecule has 0 radical (unpaired) electrons. The second-order valence-corrected chi connectivity index (χ2v) is 7.97. The normalized spacial score (nSPS) is 23.8. The number of nitrogens with one attached hydrogen (secondary N) is 1. The molecule has 0 saturated heterocycles. The van der Waals surface area contributed by atoms with Gasteiger partial charge in [0.1, 0.15) is 17.7 Å². The molecule has 0 bridgehead atoms. The third-order valence-electron chi connectivity index (χ3n) is 5.41. The third-order valence-corrected chi connectivity index (χ3v) is 5.41. The van der Waals surface area contributed by atoms with Crippen LogP contribution in [0.4, 0.5) is 0 Å². The lowest BCUT2D eigenvalue weighted by atomic mass is 9.75. The predicted octanol–water partition coefficient (Wildman–Crippen LogP) is 2.91. The van der Waals surface area contributed by atoms with Crippen molar-refractivity contribution in [2.24, 2.45) is 11.8 Å². The maximum absolute atomic E-state index is 12.3. The van der Waals surface area contributed by atoms with Crippen LogP contribution in [0.1, 0.15) is 57.1 Å². The highest BCUT2D eigenvalue weighted by molar-refractivity contribution is 5.84. The molecular formula is C21H26N4O2. The molecule has 1 aliphatic carbocycles. The van der Waals surface area contributed by atoms with E-state index in [1.807, 2.05) is 26.0 Å². The van der Waals surface area contributed by atoms with Gasteiger partial charge in [-0.3, -0.25) is 14.8 Å². The molecule has 1 fully saturated rings. The van der Waals surface area contributed by atoms with Crippen molar-refractivity contribution < 1.29 is 9.90 Å². The topological polar surface area (TPSA) is 98.9 Å². The first kappa shape index (κ1) is 19.2. The molecule has 27 heavy (non-hydrogen) atoms. The van der Waals surface area contributed by atoms with Crippen molar-refractivity contribution in [1.29, 1.82) is 5.26 Å². The summed E-state index contributed by atoms with van der Waals surface area (Å²) in [5.74, 6) is 0.252. The van der Waals surface area contributed by atoms with Gasteiger partial charge in [-0.25, -0.2) is 0 Å². The molecule has 1 saturated carbocycles. The van der Waals surface area contributed by atoms with Crippen molar-refractivity contribution in [3.8, 4) is 6.07 Å². The summed E-state index contributed by atoms with van der Waals surface area (Å²) < 4.78 is 0. The minimum Gasteiger partial charge on any atom is -0.383 e. The van der Waals surface area contributed by atoms with Gasteiger partial charge in [0.15, 0.2) is 0 Å². The molecule has 3 rings (SSSR count). The molecule has 0 aliphatic heterocycles. The van der Waals surface area contributed by atoms with Crippen molar-refractivity contribution in [3.63, 3.8) is 0 Å². The molecule has 6 heteroatoms. The zero-order valence-corrected chi connectivity index (χ0v) is 16.0. The standard InChI is InChI=1S/C21H26N4O2/c1-12(2)20(26)21(27)25-16-9-13(3)8-15(10-16)17-5-4-14(11-22)18-19(17)24-7-6-23-18/h4-7,12-13,15-16,20,26H,8-10H2,1-3H3,(H,25,27)/t13-,15-,16-,20?/m1/s1. The van der Waals surface area contributed by atoms with Gasteiger partial charge in [0.25, 0.3) is 0 Å². The van der Waals surface area contributed by atoms with E-state index in [2.05, 4.69) is 28.3 Å². The lowest BCUT2D eigenvalue weighted by Gasteiger charge is -2.35. The number of benzene rings is 1. The molecule has 1 amide bonds. The lowest BCUT2D eigenvalue weighted by Crippen LogP contribution is -2.46. The summed E-state index contributed by atoms with van der Waals surface area (Å²) >= 11 is 0. The smallest absolute Gasteiger partial charge is 0.249 e. The van der Waals surface area contributed by atoms with E-state index in [0.717, 1.165) is 30.3 Å². The van der Waals surface area contributed by atoms with Crippen LogP contribution in [0.25, 0.3) is 11.0 Å². The Labute approximate surface area is 159 Å². The van der Waals surface area contributed by atoms with E-state index in [4.69, 9.17) is 0 Å². The van der Waals surface area contributed by atoms with Gasteiger partial charge in [0, 0.05) is 18.4 Å². The van der Waals surface area contributed by atoms with E-state index < -0.39 is 6.10 Å². The van der Waals surface area contributed by atoms with Crippen molar-refractivity contribution >= 4 is 16.9 Å². The number of hydrogen-bond donors (Lipinski definition) is 2. The number of nitrogens with zero attached hydrogens (tertiary/aromatic N) is 3. The summed E-state index contributed by atoms with van der Waals surface area (Å²) in [6.45, 7) is 5.85. The van der Waals surface area contributed by atoms with Crippen LogP contribution in [0.15, 0.2) is 24.5 Å². The quantitative estimate of drug-likeness (QED) is 0.867. The van der Waals surface area contributed by atoms with E-state index in [0.29, 0.717) is 17.0 Å². The van der Waals surface area contributed by atoms with Crippen molar-refractivity contribution in [2.75, 3.05) is 0 Å². The number of hydrogen-bond acceptors (Lipinski definition) is 5. The molecule has 6 nitrogen and oxygen atoms in total. The van der Waals surface area contributed by atoms with Crippen LogP contribution in [0.3, 0.4) is 0 Å². The summed E-state index contributed by atoms with van der Waals surface area (Å²) in [5, 5.41) is 22.4. The highest BCUT2D eigenvalue weighted by Crippen LogP contribution is 2.38. The van der Waals surface area contributed by atoms with E-state index >= 15 is 0 Å². The Balaban J connectivity index is 1.86. The summed E-state index contributed by atoms with van der Waals surface area (Å²) in [4.78, 5) is 21.1. The first-order valence-electron chi connectivity index (χ1n) is 9.52. The monoisotopic (exact) mass is 366 g/mol. The van der Waals surface area contributed by atoms with Crippen LogP contribution in [-0.2, 0) is 4.79 Å². The Bertz CT molecular complexity index is 874. The van der Waals surface area contributed by atoms with E-state index in [1.165, 1.54) is 0 Å². The fourth-order valence-corrected chi connectivity index (χ4v) is 4.06. The molecule has 4 atom stereocenters. The SMILES string of the molecule is CC(C)C(O)C(=O)N[C@@H]1C[C@H](C)C[C@@H](c2ccc(C#N)c3nccnc23)C1. The first-order valence-corrected chi connectivity index (χ1v) is 9.52. The van der Waals surface area contributed by atoms with Gasteiger partial charge in [0.2, 0.25) is 5.91 Å². The Morgan fingerprint density at radius 3 is 2.59 bits per heavy atom. The molecule has 142 valence electrons. The maximum Gasteiger partial charge on any atom is 0.249 e. The minimum atomic E-state index is -0.984. The molecule has 1 aromatic heterocycles. The van der Waals surface area contributed by atoms with Crippen molar-refractivity contribution in [2.45, 2.75) is 58.1 Å². The molecule has 1 heterocycles. The number of fused-ring (bicyclic) bond motifs is 1. The second-order valence-electron chi connectivity index (χ2n) is 7.97. The zero-order valence-electron chi connectivity index (χ0n) is 16.0. The van der Waals surface area contributed by atoms with Crippen LogP contribution in [0.2, 0.25) is 0 Å². The highest BCUT2D eigenvalue weighted by Gasteiger charge is 2.31. The number of carbonyl (C=O) groups excluding carboxylic acids is 1. The first-order chi connectivity index (χ1) is 12.9. The molecule has 2 aromatic rings.